The van der Waals surface area contributed by atoms with E-state index in [0.29, 0.717) is 5.69 Å². The predicted octanol–water partition coefficient (Wildman–Crippen LogP) is 4.15. The highest BCUT2D eigenvalue weighted by molar-refractivity contribution is 5.44. The lowest BCUT2D eigenvalue weighted by molar-refractivity contribution is 0.482. The Bertz CT molecular complexity index is 881. The highest BCUT2D eigenvalue weighted by Gasteiger charge is 1.96. The minimum Gasteiger partial charge on any atom is -0.457 e. The first-order valence-electron chi connectivity index (χ1n) is 7.05. The molecule has 1 aromatic heterocycles. The second kappa shape index (κ2) is 6.93. The summed E-state index contributed by atoms with van der Waals surface area (Å²) in [4.78, 5) is 3.99. The minimum atomic E-state index is 0.387. The van der Waals surface area contributed by atoms with Crippen LogP contribution < -0.4 is 4.74 Å². The lowest BCUT2D eigenvalue weighted by Crippen LogP contribution is -1.84. The first-order valence-corrected chi connectivity index (χ1v) is 7.05. The molecule has 0 atom stereocenters. The third kappa shape index (κ3) is 3.97. The second-order valence-electron chi connectivity index (χ2n) is 4.73. The molecule has 3 nitrogen and oxygen atoms in total. The van der Waals surface area contributed by atoms with Crippen LogP contribution in [-0.4, -0.2) is 4.98 Å². The topological polar surface area (TPSA) is 45.9 Å². The number of rotatable bonds is 2. The molecule has 0 unspecified atom stereocenters. The monoisotopic (exact) mass is 296 g/mol. The number of benzene rings is 2. The summed E-state index contributed by atoms with van der Waals surface area (Å²) in [6.07, 6.45) is 1.60. The maximum atomic E-state index is 8.71. The first kappa shape index (κ1) is 14.4. The number of ether oxygens (including phenoxy) is 1. The van der Waals surface area contributed by atoms with Crippen LogP contribution in [0.15, 0.2) is 72.9 Å². The molecule has 0 bridgehead atoms. The summed E-state index contributed by atoms with van der Waals surface area (Å²) in [5.74, 6) is 7.65. The Labute approximate surface area is 134 Å². The van der Waals surface area contributed by atoms with Gasteiger partial charge in [0.15, 0.2) is 0 Å². The predicted molar refractivity (Wildman–Crippen MR) is 87.9 cm³/mol. The molecule has 2 aromatic carbocycles. The number of hydrogen-bond acceptors (Lipinski definition) is 3. The summed E-state index contributed by atoms with van der Waals surface area (Å²) < 4.78 is 5.73. The highest BCUT2D eigenvalue weighted by atomic mass is 16.5. The number of nitriles is 1. The van der Waals surface area contributed by atoms with Gasteiger partial charge < -0.3 is 4.74 Å². The van der Waals surface area contributed by atoms with Crippen molar-refractivity contribution in [3.63, 3.8) is 0 Å². The van der Waals surface area contributed by atoms with Crippen molar-refractivity contribution in [2.24, 2.45) is 0 Å². The van der Waals surface area contributed by atoms with E-state index in [1.807, 2.05) is 60.7 Å². The quantitative estimate of drug-likeness (QED) is 0.667. The van der Waals surface area contributed by atoms with Crippen LogP contribution >= 0.6 is 0 Å². The van der Waals surface area contributed by atoms with Gasteiger partial charge >= 0.3 is 0 Å². The molecule has 3 rings (SSSR count). The van der Waals surface area contributed by atoms with Gasteiger partial charge in [-0.15, -0.1) is 0 Å². The van der Waals surface area contributed by atoms with Crippen LogP contribution in [-0.2, 0) is 0 Å². The fraction of sp³-hybridized carbons (Fsp3) is 0. The second-order valence-corrected chi connectivity index (χ2v) is 4.73. The zero-order valence-corrected chi connectivity index (χ0v) is 12.2. The fourth-order valence-corrected chi connectivity index (χ4v) is 1.91. The normalized spacial score (nSPS) is 9.35. The minimum absolute atomic E-state index is 0.387. The van der Waals surface area contributed by atoms with E-state index in [0.717, 1.165) is 22.6 Å². The van der Waals surface area contributed by atoms with Gasteiger partial charge in [-0.05, 0) is 48.5 Å². The number of aromatic nitrogens is 1. The molecule has 0 N–H and O–H groups in total. The van der Waals surface area contributed by atoms with Crippen LogP contribution in [0, 0.1) is 23.2 Å². The van der Waals surface area contributed by atoms with Crippen molar-refractivity contribution < 1.29 is 4.74 Å². The Balaban J connectivity index is 1.70. The molecule has 1 heterocycles. The van der Waals surface area contributed by atoms with Gasteiger partial charge in [0, 0.05) is 17.3 Å². The lowest BCUT2D eigenvalue weighted by atomic mass is 10.2. The molecular weight excluding hydrogens is 284 g/mol. The van der Waals surface area contributed by atoms with Crippen LogP contribution in [0.1, 0.15) is 16.8 Å². The summed E-state index contributed by atoms with van der Waals surface area (Å²) >= 11 is 0. The van der Waals surface area contributed by atoms with E-state index >= 15 is 0 Å². The van der Waals surface area contributed by atoms with Crippen LogP contribution in [0.2, 0.25) is 0 Å². The van der Waals surface area contributed by atoms with Crippen molar-refractivity contribution in [1.29, 1.82) is 5.26 Å². The third-order valence-electron chi connectivity index (χ3n) is 3.06. The van der Waals surface area contributed by atoms with Crippen LogP contribution in [0.5, 0.6) is 11.5 Å². The fourth-order valence-electron chi connectivity index (χ4n) is 1.91. The average Bonchev–Trinajstić information content (AvgIpc) is 2.62. The number of para-hydroxylation sites is 1. The molecule has 0 saturated heterocycles. The Morgan fingerprint density at radius 1 is 0.739 bits per heavy atom. The molecule has 0 aliphatic rings. The van der Waals surface area contributed by atoms with Crippen LogP contribution in [0.4, 0.5) is 0 Å². The number of pyridine rings is 1. The SMILES string of the molecule is N#Cc1ccc(C#Cc2ccc(Oc3ccccc3)cc2)cn1. The Morgan fingerprint density at radius 3 is 2.04 bits per heavy atom. The number of nitrogens with zero attached hydrogens (tertiary/aromatic N) is 2. The van der Waals surface area contributed by atoms with E-state index in [9.17, 15) is 0 Å². The van der Waals surface area contributed by atoms with E-state index in [-0.39, 0.29) is 0 Å². The van der Waals surface area contributed by atoms with Crippen molar-refractivity contribution in [2.75, 3.05) is 0 Å². The largest absolute Gasteiger partial charge is 0.457 e. The van der Waals surface area contributed by atoms with E-state index < -0.39 is 0 Å². The van der Waals surface area contributed by atoms with Gasteiger partial charge in [0.05, 0.1) is 0 Å². The summed E-state index contributed by atoms with van der Waals surface area (Å²) in [6, 6.07) is 22.6. The van der Waals surface area contributed by atoms with E-state index in [4.69, 9.17) is 10.00 Å². The molecule has 3 aromatic rings. The van der Waals surface area contributed by atoms with Crippen LogP contribution in [0.3, 0.4) is 0 Å². The average molecular weight is 296 g/mol. The van der Waals surface area contributed by atoms with Crippen molar-refractivity contribution in [3.8, 4) is 29.4 Å². The van der Waals surface area contributed by atoms with Crippen molar-refractivity contribution >= 4 is 0 Å². The zero-order valence-electron chi connectivity index (χ0n) is 12.2. The van der Waals surface area contributed by atoms with Gasteiger partial charge in [-0.25, -0.2) is 4.98 Å². The first-order chi connectivity index (χ1) is 11.3. The van der Waals surface area contributed by atoms with Crippen molar-refractivity contribution in [2.45, 2.75) is 0 Å². The maximum Gasteiger partial charge on any atom is 0.140 e. The lowest BCUT2D eigenvalue weighted by Gasteiger charge is -2.04. The van der Waals surface area contributed by atoms with E-state index in [1.165, 1.54) is 0 Å². The number of hydrogen-bond donors (Lipinski definition) is 0. The smallest absolute Gasteiger partial charge is 0.140 e. The summed E-state index contributed by atoms with van der Waals surface area (Å²) in [6.45, 7) is 0. The molecule has 0 fully saturated rings. The molecular formula is C20H12N2O. The molecule has 0 aliphatic carbocycles. The van der Waals surface area contributed by atoms with Crippen molar-refractivity contribution in [3.05, 3.63) is 89.7 Å². The molecule has 0 radical (unpaired) electrons. The van der Waals surface area contributed by atoms with Gasteiger partial charge in [0.2, 0.25) is 0 Å². The van der Waals surface area contributed by atoms with Gasteiger partial charge in [-0.1, -0.05) is 30.0 Å². The molecule has 0 aliphatic heterocycles. The van der Waals surface area contributed by atoms with Gasteiger partial charge in [0.25, 0.3) is 0 Å². The molecule has 0 saturated carbocycles. The third-order valence-corrected chi connectivity index (χ3v) is 3.06. The van der Waals surface area contributed by atoms with E-state index in [1.54, 1.807) is 18.3 Å². The summed E-state index contributed by atoms with van der Waals surface area (Å²) in [5.41, 5.74) is 2.04. The van der Waals surface area contributed by atoms with Crippen molar-refractivity contribution in [1.82, 2.24) is 4.98 Å². The Morgan fingerprint density at radius 2 is 1.39 bits per heavy atom. The van der Waals surface area contributed by atoms with E-state index in [2.05, 4.69) is 16.8 Å². The van der Waals surface area contributed by atoms with Gasteiger partial charge in [-0.2, -0.15) is 5.26 Å². The van der Waals surface area contributed by atoms with Gasteiger partial charge in [-0.3, -0.25) is 0 Å². The Hall–Kier alpha value is -3.56. The summed E-state index contributed by atoms with van der Waals surface area (Å²) in [5, 5.41) is 8.71. The molecule has 23 heavy (non-hydrogen) atoms. The molecule has 0 amide bonds. The highest BCUT2D eigenvalue weighted by Crippen LogP contribution is 2.20. The Kier molecular flexibility index (Phi) is 4.34. The molecule has 3 heteroatoms. The molecule has 108 valence electrons. The van der Waals surface area contributed by atoms with Crippen LogP contribution in [0.25, 0.3) is 0 Å². The summed E-state index contributed by atoms with van der Waals surface area (Å²) in [7, 11) is 0. The maximum absolute atomic E-state index is 8.71. The molecule has 0 spiro atoms. The zero-order chi connectivity index (χ0) is 15.9. The van der Waals surface area contributed by atoms with Gasteiger partial charge in [0.1, 0.15) is 23.3 Å². The standard InChI is InChI=1S/C20H12N2O/c21-14-18-11-8-17(15-22-18)7-6-16-9-12-20(13-10-16)23-19-4-2-1-3-5-19/h1-5,8-13,15H.